The van der Waals surface area contributed by atoms with E-state index in [-0.39, 0.29) is 0 Å². The summed E-state index contributed by atoms with van der Waals surface area (Å²) >= 11 is 0. The van der Waals surface area contributed by atoms with E-state index in [4.69, 9.17) is 4.74 Å². The van der Waals surface area contributed by atoms with Gasteiger partial charge in [0.15, 0.2) is 0 Å². The molecule has 1 heteroatoms. The molecule has 1 radical (unpaired) electrons. The van der Waals surface area contributed by atoms with Gasteiger partial charge in [-0.3, -0.25) is 0 Å². The molecule has 1 aromatic carbocycles. The fourth-order valence-corrected chi connectivity index (χ4v) is 1.15. The average Bonchev–Trinajstić information content (AvgIpc) is 2.03. The minimum atomic E-state index is 0.936. The van der Waals surface area contributed by atoms with Crippen LogP contribution in [0.3, 0.4) is 0 Å². The highest BCUT2D eigenvalue weighted by molar-refractivity contribution is 5.39. The fraction of sp³-hybridized carbons (Fsp3) is 0.364. The molecule has 1 nitrogen and oxygen atoms in total. The van der Waals surface area contributed by atoms with Crippen LogP contribution in [0.5, 0.6) is 5.75 Å². The third-order valence-electron chi connectivity index (χ3n) is 1.86. The second kappa shape index (κ2) is 3.61. The van der Waals surface area contributed by atoms with Gasteiger partial charge in [-0.2, -0.15) is 0 Å². The Morgan fingerprint density at radius 1 is 1.17 bits per heavy atom. The lowest BCUT2D eigenvalue weighted by atomic mass is 10.0. The zero-order valence-corrected chi connectivity index (χ0v) is 8.14. The van der Waals surface area contributed by atoms with Crippen molar-refractivity contribution in [2.45, 2.75) is 20.8 Å². The fourth-order valence-electron chi connectivity index (χ4n) is 1.15. The molecule has 65 valence electrons. The Bertz CT molecular complexity index is 264. The number of aryl methyl sites for hydroxylation is 1. The summed E-state index contributed by atoms with van der Waals surface area (Å²) in [6.45, 7) is 6.29. The number of ether oxygens (including phenoxy) is 1. The maximum Gasteiger partial charge on any atom is 0.119 e. The molecular formula is C11H15O. The van der Waals surface area contributed by atoms with E-state index in [2.05, 4.69) is 32.9 Å². The van der Waals surface area contributed by atoms with Crippen molar-refractivity contribution in [2.24, 2.45) is 0 Å². The second-order valence-corrected chi connectivity index (χ2v) is 3.24. The predicted octanol–water partition coefficient (Wildman–Crippen LogP) is 2.97. The van der Waals surface area contributed by atoms with Crippen molar-refractivity contribution >= 4 is 0 Å². The van der Waals surface area contributed by atoms with Crippen LogP contribution in [-0.2, 0) is 0 Å². The van der Waals surface area contributed by atoms with Gasteiger partial charge >= 0.3 is 0 Å². The predicted molar refractivity (Wildman–Crippen MR) is 51.4 cm³/mol. The Morgan fingerprint density at radius 2 is 1.83 bits per heavy atom. The zero-order valence-electron chi connectivity index (χ0n) is 8.14. The summed E-state index contributed by atoms with van der Waals surface area (Å²) in [7, 11) is 1.70. The summed E-state index contributed by atoms with van der Waals surface area (Å²) in [5.41, 5.74) is 2.50. The molecule has 0 unspecified atom stereocenters. The SMILES string of the molecule is COc1cc(C)cc([C](C)C)c1. The van der Waals surface area contributed by atoms with Gasteiger partial charge < -0.3 is 4.74 Å². The highest BCUT2D eigenvalue weighted by Gasteiger charge is 2.02. The summed E-state index contributed by atoms with van der Waals surface area (Å²) in [6, 6.07) is 6.26. The topological polar surface area (TPSA) is 9.23 Å². The first-order chi connectivity index (χ1) is 5.63. The average molecular weight is 163 g/mol. The van der Waals surface area contributed by atoms with Crippen LogP contribution >= 0.6 is 0 Å². The standard InChI is InChI=1S/C11H15O/c1-8(2)10-5-9(3)6-11(7-10)12-4/h5-7H,1-4H3. The Morgan fingerprint density at radius 3 is 2.33 bits per heavy atom. The van der Waals surface area contributed by atoms with Crippen LogP contribution in [-0.4, -0.2) is 7.11 Å². The molecule has 0 heterocycles. The van der Waals surface area contributed by atoms with Crippen molar-refractivity contribution in [3.05, 3.63) is 35.2 Å². The number of methoxy groups -OCH3 is 1. The largest absolute Gasteiger partial charge is 0.497 e. The molecule has 0 aromatic heterocycles. The normalized spacial score (nSPS) is 10.4. The molecule has 12 heavy (non-hydrogen) atoms. The number of benzene rings is 1. The number of rotatable bonds is 2. The Balaban J connectivity index is 3.06. The van der Waals surface area contributed by atoms with E-state index in [9.17, 15) is 0 Å². The van der Waals surface area contributed by atoms with E-state index < -0.39 is 0 Å². The highest BCUT2D eigenvalue weighted by Crippen LogP contribution is 2.21. The molecule has 0 aliphatic heterocycles. The first-order valence-electron chi connectivity index (χ1n) is 4.09. The van der Waals surface area contributed by atoms with E-state index >= 15 is 0 Å². The third kappa shape index (κ3) is 2.00. The van der Waals surface area contributed by atoms with E-state index in [1.807, 2.05) is 6.07 Å². The molecular weight excluding hydrogens is 148 g/mol. The van der Waals surface area contributed by atoms with Crippen molar-refractivity contribution in [3.63, 3.8) is 0 Å². The van der Waals surface area contributed by atoms with Crippen LogP contribution in [0.15, 0.2) is 18.2 Å². The van der Waals surface area contributed by atoms with Gasteiger partial charge in [0.2, 0.25) is 0 Å². The maximum atomic E-state index is 5.17. The van der Waals surface area contributed by atoms with Gasteiger partial charge in [-0.05, 0) is 36.1 Å². The van der Waals surface area contributed by atoms with Crippen LogP contribution < -0.4 is 4.74 Å². The van der Waals surface area contributed by atoms with Gasteiger partial charge in [0.25, 0.3) is 0 Å². The lowest BCUT2D eigenvalue weighted by Crippen LogP contribution is -1.91. The van der Waals surface area contributed by atoms with Crippen LogP contribution in [0.25, 0.3) is 0 Å². The summed E-state index contributed by atoms with van der Waals surface area (Å²) in [4.78, 5) is 0. The van der Waals surface area contributed by atoms with E-state index in [1.54, 1.807) is 7.11 Å². The summed E-state index contributed by atoms with van der Waals surface area (Å²) in [6.07, 6.45) is 0. The summed E-state index contributed by atoms with van der Waals surface area (Å²) in [5.74, 6) is 2.25. The van der Waals surface area contributed by atoms with E-state index in [1.165, 1.54) is 17.0 Å². The van der Waals surface area contributed by atoms with Crippen LogP contribution in [0.4, 0.5) is 0 Å². The van der Waals surface area contributed by atoms with E-state index in [0.29, 0.717) is 0 Å². The van der Waals surface area contributed by atoms with Crippen LogP contribution in [0.1, 0.15) is 25.0 Å². The Kier molecular flexibility index (Phi) is 2.74. The highest BCUT2D eigenvalue weighted by atomic mass is 16.5. The van der Waals surface area contributed by atoms with Gasteiger partial charge in [0, 0.05) is 0 Å². The molecule has 0 fully saturated rings. The van der Waals surface area contributed by atoms with E-state index in [0.717, 1.165) is 5.75 Å². The van der Waals surface area contributed by atoms with Crippen molar-refractivity contribution in [1.29, 1.82) is 0 Å². The van der Waals surface area contributed by atoms with Gasteiger partial charge in [0.1, 0.15) is 5.75 Å². The molecule has 0 saturated heterocycles. The van der Waals surface area contributed by atoms with Gasteiger partial charge in [0.05, 0.1) is 7.11 Å². The Labute approximate surface area is 74.4 Å². The third-order valence-corrected chi connectivity index (χ3v) is 1.86. The van der Waals surface area contributed by atoms with Crippen molar-refractivity contribution < 1.29 is 4.74 Å². The molecule has 0 aliphatic rings. The molecule has 0 N–H and O–H groups in total. The first-order valence-corrected chi connectivity index (χ1v) is 4.09. The molecule has 0 amide bonds. The lowest BCUT2D eigenvalue weighted by molar-refractivity contribution is 0.414. The molecule has 0 spiro atoms. The Hall–Kier alpha value is -0.980. The van der Waals surface area contributed by atoms with Crippen molar-refractivity contribution in [2.75, 3.05) is 7.11 Å². The molecule has 0 bridgehead atoms. The molecule has 1 rings (SSSR count). The van der Waals surface area contributed by atoms with Crippen molar-refractivity contribution in [1.82, 2.24) is 0 Å². The van der Waals surface area contributed by atoms with Crippen LogP contribution in [0.2, 0.25) is 0 Å². The molecule has 1 aromatic rings. The smallest absolute Gasteiger partial charge is 0.119 e. The number of hydrogen-bond donors (Lipinski definition) is 0. The van der Waals surface area contributed by atoms with Gasteiger partial charge in [-0.15, -0.1) is 0 Å². The zero-order chi connectivity index (χ0) is 9.14. The minimum absolute atomic E-state index is 0.936. The van der Waals surface area contributed by atoms with Gasteiger partial charge in [-0.1, -0.05) is 19.9 Å². The first kappa shape index (κ1) is 9.11. The molecule has 0 aliphatic carbocycles. The summed E-state index contributed by atoms with van der Waals surface area (Å²) < 4.78 is 5.17. The monoisotopic (exact) mass is 163 g/mol. The molecule has 0 saturated carbocycles. The van der Waals surface area contributed by atoms with Crippen molar-refractivity contribution in [3.8, 4) is 5.75 Å². The lowest BCUT2D eigenvalue weighted by Gasteiger charge is -2.08. The second-order valence-electron chi connectivity index (χ2n) is 3.24. The quantitative estimate of drug-likeness (QED) is 0.651. The van der Waals surface area contributed by atoms with Gasteiger partial charge in [-0.25, -0.2) is 0 Å². The number of hydrogen-bond acceptors (Lipinski definition) is 1. The van der Waals surface area contributed by atoms with Crippen LogP contribution in [0, 0.1) is 12.8 Å². The minimum Gasteiger partial charge on any atom is -0.497 e. The molecule has 0 atom stereocenters. The summed E-state index contributed by atoms with van der Waals surface area (Å²) in [5, 5.41) is 0. The maximum absolute atomic E-state index is 5.17.